The molecule has 19 heavy (non-hydrogen) atoms. The fourth-order valence-corrected chi connectivity index (χ4v) is 2.91. The maximum absolute atomic E-state index is 10.7. The Hall–Kier alpha value is -0.630. The number of hydrogen-bond acceptors (Lipinski definition) is 4. The molecule has 0 heterocycles. The summed E-state index contributed by atoms with van der Waals surface area (Å²) in [5.74, 6) is 0.0588. The Kier molecular flexibility index (Phi) is 7.37. The van der Waals surface area contributed by atoms with Crippen LogP contribution < -0.4 is 15.8 Å². The molecule has 106 valence electrons. The average molecular weight is 396 g/mol. The summed E-state index contributed by atoms with van der Waals surface area (Å²) in [4.78, 5) is 10.7. The average Bonchev–Trinajstić information content (AvgIpc) is 2.33. The van der Waals surface area contributed by atoms with Crippen molar-refractivity contribution in [1.29, 1.82) is 0 Å². The van der Waals surface area contributed by atoms with Gasteiger partial charge in [-0.25, -0.2) is 0 Å². The molecule has 0 spiro atoms. The smallest absolute Gasteiger partial charge is 0.255 e. The van der Waals surface area contributed by atoms with Gasteiger partial charge >= 0.3 is 0 Å². The van der Waals surface area contributed by atoms with Crippen molar-refractivity contribution in [1.82, 2.24) is 5.32 Å². The van der Waals surface area contributed by atoms with Crippen molar-refractivity contribution in [3.05, 3.63) is 26.6 Å². The van der Waals surface area contributed by atoms with Gasteiger partial charge in [0.2, 0.25) is 0 Å². The van der Waals surface area contributed by atoms with Crippen LogP contribution in [0.15, 0.2) is 21.1 Å². The zero-order chi connectivity index (χ0) is 14.3. The lowest BCUT2D eigenvalue weighted by molar-refractivity contribution is -0.119. The third-order valence-electron chi connectivity index (χ3n) is 2.23. The summed E-state index contributed by atoms with van der Waals surface area (Å²) in [5, 5.41) is 3.25. The number of carbonyl (C=O) groups is 1. The molecule has 0 aliphatic carbocycles. The van der Waals surface area contributed by atoms with E-state index in [4.69, 9.17) is 15.2 Å². The van der Waals surface area contributed by atoms with E-state index in [0.717, 1.165) is 27.6 Å². The number of benzene rings is 1. The van der Waals surface area contributed by atoms with Crippen LogP contribution in [0.3, 0.4) is 0 Å². The van der Waals surface area contributed by atoms with E-state index < -0.39 is 5.91 Å². The number of nitrogens with two attached hydrogens (primary N) is 1. The summed E-state index contributed by atoms with van der Waals surface area (Å²) in [6.07, 6.45) is 0. The van der Waals surface area contributed by atoms with Crippen molar-refractivity contribution in [3.8, 4) is 5.75 Å². The standard InChI is InChI=1S/C12H16Br2N2O3/c1-18-3-2-16-6-8-4-9(13)12(10(14)5-8)19-7-11(15)17/h4-5,16H,2-3,6-7H2,1H3,(H2,15,17). The van der Waals surface area contributed by atoms with Gasteiger partial charge in [0.15, 0.2) is 6.61 Å². The Labute approximate surface area is 129 Å². The first kappa shape index (κ1) is 16.4. The molecule has 0 aliphatic heterocycles. The minimum atomic E-state index is -0.510. The summed E-state index contributed by atoms with van der Waals surface area (Å²) in [6.45, 7) is 2.02. The zero-order valence-corrected chi connectivity index (χ0v) is 13.7. The van der Waals surface area contributed by atoms with E-state index in [-0.39, 0.29) is 6.61 Å². The molecule has 0 saturated heterocycles. The van der Waals surface area contributed by atoms with Gasteiger partial charge in [-0.05, 0) is 49.6 Å². The van der Waals surface area contributed by atoms with Gasteiger partial charge < -0.3 is 20.5 Å². The van der Waals surface area contributed by atoms with Crippen molar-refractivity contribution >= 4 is 37.8 Å². The molecule has 0 bridgehead atoms. The van der Waals surface area contributed by atoms with Crippen LogP contribution in [0.1, 0.15) is 5.56 Å². The lowest BCUT2D eigenvalue weighted by Gasteiger charge is -2.11. The SMILES string of the molecule is COCCNCc1cc(Br)c(OCC(N)=O)c(Br)c1. The molecule has 1 aromatic carbocycles. The van der Waals surface area contributed by atoms with Crippen LogP contribution >= 0.6 is 31.9 Å². The summed E-state index contributed by atoms with van der Waals surface area (Å²) in [6, 6.07) is 3.86. The molecule has 5 nitrogen and oxygen atoms in total. The van der Waals surface area contributed by atoms with Crippen molar-refractivity contribution in [2.45, 2.75) is 6.54 Å². The third-order valence-corrected chi connectivity index (χ3v) is 3.41. The van der Waals surface area contributed by atoms with E-state index >= 15 is 0 Å². The number of nitrogens with one attached hydrogen (secondary N) is 1. The summed E-state index contributed by atoms with van der Waals surface area (Å²) >= 11 is 6.82. The topological polar surface area (TPSA) is 73.6 Å². The number of primary amides is 1. The lowest BCUT2D eigenvalue weighted by atomic mass is 10.2. The van der Waals surface area contributed by atoms with Crippen LogP contribution in [0.25, 0.3) is 0 Å². The van der Waals surface area contributed by atoms with Crippen molar-refractivity contribution in [2.24, 2.45) is 5.73 Å². The second-order valence-electron chi connectivity index (χ2n) is 3.81. The van der Waals surface area contributed by atoms with Crippen LogP contribution in [0.5, 0.6) is 5.75 Å². The van der Waals surface area contributed by atoms with E-state index in [1.807, 2.05) is 12.1 Å². The maximum Gasteiger partial charge on any atom is 0.255 e. The van der Waals surface area contributed by atoms with Crippen LogP contribution in [0.4, 0.5) is 0 Å². The molecule has 3 N–H and O–H groups in total. The molecular formula is C12H16Br2N2O3. The molecule has 1 rings (SSSR count). The molecule has 0 aromatic heterocycles. The van der Waals surface area contributed by atoms with E-state index in [0.29, 0.717) is 12.4 Å². The normalized spacial score (nSPS) is 10.5. The first-order chi connectivity index (χ1) is 9.04. The summed E-state index contributed by atoms with van der Waals surface area (Å²) in [5.41, 5.74) is 6.13. The van der Waals surface area contributed by atoms with Gasteiger partial charge in [-0.1, -0.05) is 0 Å². The van der Waals surface area contributed by atoms with E-state index in [1.54, 1.807) is 7.11 Å². The molecule has 0 fully saturated rings. The van der Waals surface area contributed by atoms with Gasteiger partial charge in [0.1, 0.15) is 5.75 Å². The molecule has 0 aliphatic rings. The highest BCUT2D eigenvalue weighted by Gasteiger charge is 2.10. The number of rotatable bonds is 8. The molecule has 0 unspecified atom stereocenters. The number of ether oxygens (including phenoxy) is 2. The number of methoxy groups -OCH3 is 1. The minimum Gasteiger partial charge on any atom is -0.481 e. The fourth-order valence-electron chi connectivity index (χ4n) is 1.40. The number of carbonyl (C=O) groups excluding carboxylic acids is 1. The highest BCUT2D eigenvalue weighted by atomic mass is 79.9. The van der Waals surface area contributed by atoms with Crippen LogP contribution in [-0.2, 0) is 16.1 Å². The quantitative estimate of drug-likeness (QED) is 0.658. The maximum atomic E-state index is 10.7. The van der Waals surface area contributed by atoms with Gasteiger partial charge in [-0.2, -0.15) is 0 Å². The van der Waals surface area contributed by atoms with Crippen molar-refractivity contribution < 1.29 is 14.3 Å². The van der Waals surface area contributed by atoms with Crippen molar-refractivity contribution in [2.75, 3.05) is 26.9 Å². The van der Waals surface area contributed by atoms with Gasteiger partial charge in [-0.15, -0.1) is 0 Å². The highest BCUT2D eigenvalue weighted by molar-refractivity contribution is 9.11. The van der Waals surface area contributed by atoms with E-state index in [1.165, 1.54) is 0 Å². The molecule has 0 saturated carbocycles. The molecule has 7 heteroatoms. The molecule has 0 radical (unpaired) electrons. The highest BCUT2D eigenvalue weighted by Crippen LogP contribution is 2.34. The van der Waals surface area contributed by atoms with Crippen LogP contribution in [-0.4, -0.2) is 32.8 Å². The van der Waals surface area contributed by atoms with Gasteiger partial charge in [0.25, 0.3) is 5.91 Å². The lowest BCUT2D eigenvalue weighted by Crippen LogP contribution is -2.20. The monoisotopic (exact) mass is 394 g/mol. The molecule has 1 aromatic rings. The zero-order valence-electron chi connectivity index (χ0n) is 10.5. The molecular weight excluding hydrogens is 380 g/mol. The summed E-state index contributed by atoms with van der Waals surface area (Å²) < 4.78 is 11.8. The largest absolute Gasteiger partial charge is 0.481 e. The van der Waals surface area contributed by atoms with E-state index in [2.05, 4.69) is 37.2 Å². The predicted octanol–water partition coefficient (Wildman–Crippen LogP) is 1.81. The van der Waals surface area contributed by atoms with E-state index in [9.17, 15) is 4.79 Å². The minimum absolute atomic E-state index is 0.150. The third kappa shape index (κ3) is 5.90. The Morgan fingerprint density at radius 3 is 2.53 bits per heavy atom. The first-order valence-electron chi connectivity index (χ1n) is 5.63. The molecule has 1 amide bonds. The second-order valence-corrected chi connectivity index (χ2v) is 5.52. The summed E-state index contributed by atoms with van der Waals surface area (Å²) in [7, 11) is 1.67. The Morgan fingerprint density at radius 1 is 1.37 bits per heavy atom. The number of hydrogen-bond donors (Lipinski definition) is 2. The second kappa shape index (κ2) is 8.52. The Bertz CT molecular complexity index is 418. The van der Waals surface area contributed by atoms with Crippen LogP contribution in [0.2, 0.25) is 0 Å². The van der Waals surface area contributed by atoms with Crippen LogP contribution in [0, 0.1) is 0 Å². The number of amides is 1. The Morgan fingerprint density at radius 2 is 2.00 bits per heavy atom. The fraction of sp³-hybridized carbons (Fsp3) is 0.417. The van der Waals surface area contributed by atoms with Gasteiger partial charge in [-0.3, -0.25) is 4.79 Å². The molecule has 0 atom stereocenters. The predicted molar refractivity (Wildman–Crippen MR) is 80.1 cm³/mol. The van der Waals surface area contributed by atoms with Gasteiger partial charge in [0.05, 0.1) is 15.6 Å². The first-order valence-corrected chi connectivity index (χ1v) is 7.22. The Balaban J connectivity index is 2.65. The van der Waals surface area contributed by atoms with Gasteiger partial charge in [0, 0.05) is 20.2 Å². The number of halogens is 2. The van der Waals surface area contributed by atoms with Crippen molar-refractivity contribution in [3.63, 3.8) is 0 Å².